The smallest absolute Gasteiger partial charge is 0.325 e. The minimum Gasteiger partial charge on any atom is -0.334 e. The third kappa shape index (κ3) is 3.39. The molecule has 0 bridgehead atoms. The number of nitrogens with one attached hydrogen (secondary N) is 1. The quantitative estimate of drug-likeness (QED) is 0.858. The molecule has 128 valence electrons. The van der Waals surface area contributed by atoms with Crippen LogP contribution < -0.4 is 5.32 Å². The number of rotatable bonds is 3. The van der Waals surface area contributed by atoms with Crippen LogP contribution in [0.5, 0.6) is 0 Å². The zero-order chi connectivity index (χ0) is 17.1. The van der Waals surface area contributed by atoms with Crippen molar-refractivity contribution >= 4 is 17.8 Å². The van der Waals surface area contributed by atoms with E-state index >= 15 is 0 Å². The maximum Gasteiger partial charge on any atom is 0.325 e. The van der Waals surface area contributed by atoms with Gasteiger partial charge >= 0.3 is 6.03 Å². The van der Waals surface area contributed by atoms with E-state index in [1.54, 1.807) is 11.0 Å². The first-order valence-corrected chi connectivity index (χ1v) is 8.19. The van der Waals surface area contributed by atoms with Crippen molar-refractivity contribution in [3.63, 3.8) is 0 Å². The molecule has 0 radical (unpaired) electrons. The van der Waals surface area contributed by atoms with E-state index in [0.29, 0.717) is 6.54 Å². The van der Waals surface area contributed by atoms with Gasteiger partial charge in [0.2, 0.25) is 5.91 Å². The Balaban J connectivity index is 1.80. The fourth-order valence-corrected chi connectivity index (χ4v) is 3.31. The number of hydrogen-bond donors (Lipinski definition) is 1. The monoisotopic (exact) mass is 333 g/mol. The third-order valence-corrected chi connectivity index (χ3v) is 4.54. The second kappa shape index (κ2) is 6.98. The van der Waals surface area contributed by atoms with Crippen molar-refractivity contribution in [2.75, 3.05) is 19.6 Å². The normalized spacial score (nSPS) is 21.6. The van der Waals surface area contributed by atoms with Crippen LogP contribution in [0.25, 0.3) is 0 Å². The van der Waals surface area contributed by atoms with E-state index in [9.17, 15) is 18.8 Å². The van der Waals surface area contributed by atoms with Crippen LogP contribution in [0.4, 0.5) is 9.18 Å². The highest BCUT2D eigenvalue weighted by atomic mass is 19.1. The molecule has 0 aromatic heterocycles. The molecule has 1 aromatic rings. The molecule has 0 spiro atoms. The fourth-order valence-electron chi connectivity index (χ4n) is 3.31. The van der Waals surface area contributed by atoms with Crippen LogP contribution >= 0.6 is 0 Å². The molecule has 1 aromatic carbocycles. The Morgan fingerprint density at radius 3 is 2.79 bits per heavy atom. The number of hydrogen-bond acceptors (Lipinski definition) is 3. The molecule has 1 atom stereocenters. The van der Waals surface area contributed by atoms with Crippen LogP contribution in [0.2, 0.25) is 0 Å². The molecule has 1 unspecified atom stereocenters. The number of urea groups is 1. The van der Waals surface area contributed by atoms with Crippen LogP contribution in [0, 0.1) is 5.82 Å². The van der Waals surface area contributed by atoms with Crippen molar-refractivity contribution in [3.05, 3.63) is 35.6 Å². The van der Waals surface area contributed by atoms with Gasteiger partial charge in [-0.2, -0.15) is 0 Å². The van der Waals surface area contributed by atoms with E-state index < -0.39 is 11.9 Å². The lowest BCUT2D eigenvalue weighted by atomic mass is 10.0. The Labute approximate surface area is 139 Å². The molecule has 1 N–H and O–H groups in total. The SMILES string of the molecule is O=C1CNC(=O)N1CC(=O)N1CCCCCC1c1cccc(F)c1. The Morgan fingerprint density at radius 2 is 2.08 bits per heavy atom. The Kier molecular flexibility index (Phi) is 4.78. The van der Waals surface area contributed by atoms with E-state index in [-0.39, 0.29) is 30.9 Å². The number of halogens is 1. The average molecular weight is 333 g/mol. The van der Waals surface area contributed by atoms with Gasteiger partial charge in [-0.1, -0.05) is 25.0 Å². The molecule has 2 heterocycles. The Hall–Kier alpha value is -2.44. The summed E-state index contributed by atoms with van der Waals surface area (Å²) >= 11 is 0. The third-order valence-electron chi connectivity index (χ3n) is 4.54. The van der Waals surface area contributed by atoms with Crippen LogP contribution in [0.3, 0.4) is 0 Å². The number of carbonyl (C=O) groups excluding carboxylic acids is 3. The fraction of sp³-hybridized carbons (Fsp3) is 0.471. The Morgan fingerprint density at radius 1 is 1.25 bits per heavy atom. The summed E-state index contributed by atoms with van der Waals surface area (Å²) in [6, 6.07) is 5.51. The molecule has 6 nitrogen and oxygen atoms in total. The first-order chi connectivity index (χ1) is 11.6. The lowest BCUT2D eigenvalue weighted by molar-refractivity contribution is -0.138. The lowest BCUT2D eigenvalue weighted by Gasteiger charge is -2.31. The molecule has 2 aliphatic heterocycles. The van der Waals surface area contributed by atoms with Crippen molar-refractivity contribution < 1.29 is 18.8 Å². The van der Waals surface area contributed by atoms with Crippen LogP contribution in [-0.4, -0.2) is 47.3 Å². The predicted octanol–water partition coefficient (Wildman–Crippen LogP) is 1.82. The number of benzene rings is 1. The summed E-state index contributed by atoms with van der Waals surface area (Å²) in [5, 5.41) is 2.41. The van der Waals surface area contributed by atoms with Crippen molar-refractivity contribution in [2.24, 2.45) is 0 Å². The summed E-state index contributed by atoms with van der Waals surface area (Å²) in [4.78, 5) is 38.7. The predicted molar refractivity (Wildman–Crippen MR) is 84.4 cm³/mol. The number of carbonyl (C=O) groups is 3. The van der Waals surface area contributed by atoms with Gasteiger partial charge < -0.3 is 10.2 Å². The van der Waals surface area contributed by atoms with Crippen molar-refractivity contribution in [1.82, 2.24) is 15.1 Å². The molecule has 4 amide bonds. The van der Waals surface area contributed by atoms with Gasteiger partial charge in [0.1, 0.15) is 12.4 Å². The standard InChI is InChI=1S/C17H20FN3O3/c18-13-6-4-5-12(9-13)14-7-2-1-3-8-20(14)16(23)11-21-15(22)10-19-17(21)24/h4-6,9,14H,1-3,7-8,10-11H2,(H,19,24). The molecule has 2 saturated heterocycles. The van der Waals surface area contributed by atoms with Gasteiger partial charge in [0.25, 0.3) is 5.91 Å². The van der Waals surface area contributed by atoms with Crippen molar-refractivity contribution in [1.29, 1.82) is 0 Å². The first kappa shape index (κ1) is 16.4. The lowest BCUT2D eigenvalue weighted by Crippen LogP contribution is -2.44. The second-order valence-electron chi connectivity index (χ2n) is 6.15. The van der Waals surface area contributed by atoms with Crippen LogP contribution in [0.15, 0.2) is 24.3 Å². The number of nitrogens with zero attached hydrogens (tertiary/aromatic N) is 2. The molecule has 3 rings (SSSR count). The molecule has 7 heteroatoms. The molecule has 0 saturated carbocycles. The highest BCUT2D eigenvalue weighted by molar-refractivity contribution is 6.04. The summed E-state index contributed by atoms with van der Waals surface area (Å²) in [5.74, 6) is -1.01. The molecule has 2 aliphatic rings. The number of imide groups is 1. The van der Waals surface area contributed by atoms with E-state index in [1.165, 1.54) is 12.1 Å². The molecule has 24 heavy (non-hydrogen) atoms. The van der Waals surface area contributed by atoms with Gasteiger partial charge in [0, 0.05) is 6.54 Å². The minimum atomic E-state index is -0.537. The minimum absolute atomic E-state index is 0.0700. The summed E-state index contributed by atoms with van der Waals surface area (Å²) in [7, 11) is 0. The second-order valence-corrected chi connectivity index (χ2v) is 6.15. The van der Waals surface area contributed by atoms with Crippen molar-refractivity contribution in [2.45, 2.75) is 31.7 Å². The topological polar surface area (TPSA) is 69.7 Å². The van der Waals surface area contributed by atoms with E-state index in [4.69, 9.17) is 0 Å². The highest BCUT2D eigenvalue weighted by Crippen LogP contribution is 2.30. The van der Waals surface area contributed by atoms with Gasteiger partial charge in [-0.3, -0.25) is 14.5 Å². The molecular formula is C17H20FN3O3. The summed E-state index contributed by atoms with van der Waals surface area (Å²) in [6.45, 7) is 0.208. The molecule has 2 fully saturated rings. The zero-order valence-electron chi connectivity index (χ0n) is 13.3. The average Bonchev–Trinajstić information content (AvgIpc) is 2.79. The van der Waals surface area contributed by atoms with Gasteiger partial charge in [0.05, 0.1) is 12.6 Å². The summed E-state index contributed by atoms with van der Waals surface area (Å²) in [5.41, 5.74) is 0.752. The van der Waals surface area contributed by atoms with Gasteiger partial charge in [-0.15, -0.1) is 0 Å². The molecule has 0 aliphatic carbocycles. The molecular weight excluding hydrogens is 313 g/mol. The van der Waals surface area contributed by atoms with Crippen LogP contribution in [-0.2, 0) is 9.59 Å². The zero-order valence-corrected chi connectivity index (χ0v) is 13.3. The van der Waals surface area contributed by atoms with Crippen LogP contribution in [0.1, 0.15) is 37.3 Å². The maximum atomic E-state index is 13.6. The van der Waals surface area contributed by atoms with E-state index in [2.05, 4.69) is 5.32 Å². The Bertz CT molecular complexity index is 648. The largest absolute Gasteiger partial charge is 0.334 e. The summed E-state index contributed by atoms with van der Waals surface area (Å²) in [6.07, 6.45) is 3.56. The number of amides is 4. The summed E-state index contributed by atoms with van der Waals surface area (Å²) < 4.78 is 13.6. The highest BCUT2D eigenvalue weighted by Gasteiger charge is 2.34. The number of likely N-dealkylation sites (tertiary alicyclic amines) is 1. The van der Waals surface area contributed by atoms with E-state index in [0.717, 1.165) is 36.1 Å². The van der Waals surface area contributed by atoms with Gasteiger partial charge in [-0.05, 0) is 30.5 Å². The van der Waals surface area contributed by atoms with Crippen molar-refractivity contribution in [3.8, 4) is 0 Å². The van der Waals surface area contributed by atoms with Gasteiger partial charge in [0.15, 0.2) is 0 Å². The first-order valence-electron chi connectivity index (χ1n) is 8.19. The van der Waals surface area contributed by atoms with E-state index in [1.807, 2.05) is 6.07 Å². The maximum absolute atomic E-state index is 13.6. The van der Waals surface area contributed by atoms with Gasteiger partial charge in [-0.25, -0.2) is 9.18 Å².